The van der Waals surface area contributed by atoms with Crippen LogP contribution < -0.4 is 5.32 Å². The molecule has 2 nitrogen and oxygen atoms in total. The molecular weight excluding hydrogens is 232 g/mol. The van der Waals surface area contributed by atoms with Crippen LogP contribution in [0.15, 0.2) is 0 Å². The summed E-state index contributed by atoms with van der Waals surface area (Å²) in [5, 5.41) is 3.70. The molecule has 0 aromatic carbocycles. The Bertz CT molecular complexity index is 277. The van der Waals surface area contributed by atoms with Crippen LogP contribution >= 0.6 is 0 Å². The van der Waals surface area contributed by atoms with E-state index in [1.807, 2.05) is 0 Å². The molecule has 19 heavy (non-hydrogen) atoms. The zero-order valence-corrected chi connectivity index (χ0v) is 13.0. The lowest BCUT2D eigenvalue weighted by Crippen LogP contribution is -2.67. The normalized spacial score (nSPS) is 40.4. The molecule has 0 radical (unpaired) electrons. The van der Waals surface area contributed by atoms with Gasteiger partial charge in [0.15, 0.2) is 0 Å². The van der Waals surface area contributed by atoms with Gasteiger partial charge in [-0.3, -0.25) is 4.90 Å². The first-order valence-corrected chi connectivity index (χ1v) is 8.70. The second-order valence-electron chi connectivity index (χ2n) is 7.53. The largest absolute Gasteiger partial charge is 0.314 e. The van der Waals surface area contributed by atoms with Crippen molar-refractivity contribution < 1.29 is 0 Å². The predicted molar refractivity (Wildman–Crippen MR) is 81.4 cm³/mol. The van der Waals surface area contributed by atoms with Crippen LogP contribution in [0.4, 0.5) is 0 Å². The highest BCUT2D eigenvalue weighted by atomic mass is 15.3. The molecule has 1 aliphatic heterocycles. The molecule has 2 atom stereocenters. The minimum absolute atomic E-state index is 0.515. The lowest BCUT2D eigenvalue weighted by atomic mass is 9.72. The van der Waals surface area contributed by atoms with Gasteiger partial charge in [0, 0.05) is 31.2 Å². The Hall–Kier alpha value is -0.0800. The fraction of sp³-hybridized carbons (Fsp3) is 1.00. The molecule has 3 aliphatic rings. The van der Waals surface area contributed by atoms with Crippen LogP contribution in [-0.4, -0.2) is 36.1 Å². The second kappa shape index (κ2) is 5.73. The molecule has 110 valence electrons. The van der Waals surface area contributed by atoms with Crippen molar-refractivity contribution in [2.24, 2.45) is 11.8 Å². The Kier molecular flexibility index (Phi) is 4.19. The fourth-order valence-electron chi connectivity index (χ4n) is 5.28. The van der Waals surface area contributed by atoms with Crippen LogP contribution in [-0.2, 0) is 0 Å². The average molecular weight is 264 g/mol. The molecule has 3 fully saturated rings. The molecule has 1 heterocycles. The van der Waals surface area contributed by atoms with Crippen molar-refractivity contribution >= 4 is 0 Å². The van der Waals surface area contributed by atoms with Gasteiger partial charge < -0.3 is 5.32 Å². The van der Waals surface area contributed by atoms with Crippen molar-refractivity contribution in [3.63, 3.8) is 0 Å². The number of rotatable bonds is 1. The zero-order valence-electron chi connectivity index (χ0n) is 13.0. The van der Waals surface area contributed by atoms with Crippen LogP contribution in [0, 0.1) is 11.8 Å². The van der Waals surface area contributed by atoms with Gasteiger partial charge in [-0.25, -0.2) is 0 Å². The molecule has 2 unspecified atom stereocenters. The summed E-state index contributed by atoms with van der Waals surface area (Å²) < 4.78 is 0. The van der Waals surface area contributed by atoms with E-state index in [-0.39, 0.29) is 0 Å². The van der Waals surface area contributed by atoms with Gasteiger partial charge in [0.2, 0.25) is 0 Å². The Morgan fingerprint density at radius 1 is 0.947 bits per heavy atom. The van der Waals surface area contributed by atoms with Crippen molar-refractivity contribution in [1.29, 1.82) is 0 Å². The summed E-state index contributed by atoms with van der Waals surface area (Å²) in [5.41, 5.74) is 0.515. The van der Waals surface area contributed by atoms with Crippen molar-refractivity contribution in [3.05, 3.63) is 0 Å². The van der Waals surface area contributed by atoms with Crippen molar-refractivity contribution in [2.45, 2.75) is 76.8 Å². The van der Waals surface area contributed by atoms with Gasteiger partial charge in [0.1, 0.15) is 0 Å². The third kappa shape index (κ3) is 2.58. The summed E-state index contributed by atoms with van der Waals surface area (Å²) >= 11 is 0. The van der Waals surface area contributed by atoms with E-state index in [9.17, 15) is 0 Å². The third-order valence-corrected chi connectivity index (χ3v) is 6.22. The quantitative estimate of drug-likeness (QED) is 0.780. The van der Waals surface area contributed by atoms with Gasteiger partial charge in [-0.2, -0.15) is 0 Å². The standard InChI is InChI=1S/C17H32N2/c1-14-7-6-8-15(2)16(14)19-12-11-18-13-17(19)9-4-3-5-10-17/h14-16,18H,3-13H2,1-2H3. The average Bonchev–Trinajstić information content (AvgIpc) is 2.42. The lowest BCUT2D eigenvalue weighted by molar-refractivity contribution is -0.0542. The van der Waals surface area contributed by atoms with Crippen LogP contribution in [0.25, 0.3) is 0 Å². The first kappa shape index (κ1) is 13.9. The maximum Gasteiger partial charge on any atom is 0.0337 e. The molecule has 1 saturated heterocycles. The van der Waals surface area contributed by atoms with Gasteiger partial charge in [-0.15, -0.1) is 0 Å². The molecule has 0 aromatic rings. The predicted octanol–water partition coefficient (Wildman–Crippen LogP) is 3.42. The summed E-state index contributed by atoms with van der Waals surface area (Å²) in [6.45, 7) is 8.78. The van der Waals surface area contributed by atoms with Crippen molar-refractivity contribution in [3.8, 4) is 0 Å². The van der Waals surface area contributed by atoms with E-state index in [2.05, 4.69) is 24.1 Å². The summed E-state index contributed by atoms with van der Waals surface area (Å²) in [6.07, 6.45) is 11.6. The summed E-state index contributed by atoms with van der Waals surface area (Å²) in [7, 11) is 0. The van der Waals surface area contributed by atoms with Crippen LogP contribution in [0.2, 0.25) is 0 Å². The summed E-state index contributed by atoms with van der Waals surface area (Å²) in [6, 6.07) is 0.856. The smallest absolute Gasteiger partial charge is 0.0337 e. The Balaban J connectivity index is 1.82. The van der Waals surface area contributed by atoms with Gasteiger partial charge in [0.25, 0.3) is 0 Å². The van der Waals surface area contributed by atoms with E-state index in [0.29, 0.717) is 5.54 Å². The monoisotopic (exact) mass is 264 g/mol. The molecule has 0 bridgehead atoms. The minimum Gasteiger partial charge on any atom is -0.314 e. The highest BCUT2D eigenvalue weighted by Crippen LogP contribution is 2.42. The maximum atomic E-state index is 3.70. The van der Waals surface area contributed by atoms with E-state index in [1.54, 1.807) is 0 Å². The second-order valence-corrected chi connectivity index (χ2v) is 7.53. The molecule has 1 spiro atoms. The SMILES string of the molecule is CC1CCCC(C)C1N1CCNCC12CCCCC2. The van der Waals surface area contributed by atoms with Gasteiger partial charge in [-0.05, 0) is 37.5 Å². The molecular formula is C17H32N2. The van der Waals surface area contributed by atoms with E-state index in [4.69, 9.17) is 0 Å². The molecule has 0 amide bonds. The molecule has 2 heteroatoms. The first-order valence-electron chi connectivity index (χ1n) is 8.70. The van der Waals surface area contributed by atoms with Crippen molar-refractivity contribution in [2.75, 3.05) is 19.6 Å². The Labute approximate surface area is 119 Å². The van der Waals surface area contributed by atoms with Gasteiger partial charge >= 0.3 is 0 Å². The highest BCUT2D eigenvalue weighted by Gasteiger charge is 2.46. The molecule has 0 aromatic heterocycles. The lowest BCUT2D eigenvalue weighted by Gasteiger charge is -2.56. The number of nitrogens with one attached hydrogen (secondary N) is 1. The number of hydrogen-bond acceptors (Lipinski definition) is 2. The third-order valence-electron chi connectivity index (χ3n) is 6.22. The van der Waals surface area contributed by atoms with Crippen LogP contribution in [0.3, 0.4) is 0 Å². The Morgan fingerprint density at radius 2 is 1.63 bits per heavy atom. The molecule has 1 N–H and O–H groups in total. The van der Waals surface area contributed by atoms with E-state index in [1.165, 1.54) is 71.0 Å². The fourth-order valence-corrected chi connectivity index (χ4v) is 5.28. The van der Waals surface area contributed by atoms with Crippen LogP contribution in [0.5, 0.6) is 0 Å². The van der Waals surface area contributed by atoms with Crippen molar-refractivity contribution in [1.82, 2.24) is 10.2 Å². The minimum atomic E-state index is 0.515. The summed E-state index contributed by atoms with van der Waals surface area (Å²) in [4.78, 5) is 2.98. The molecule has 2 aliphatic carbocycles. The number of hydrogen-bond donors (Lipinski definition) is 1. The van der Waals surface area contributed by atoms with Crippen LogP contribution in [0.1, 0.15) is 65.2 Å². The van der Waals surface area contributed by atoms with E-state index in [0.717, 1.165) is 17.9 Å². The number of piperazine rings is 1. The summed E-state index contributed by atoms with van der Waals surface area (Å²) in [5.74, 6) is 1.81. The van der Waals surface area contributed by atoms with E-state index >= 15 is 0 Å². The van der Waals surface area contributed by atoms with Gasteiger partial charge in [-0.1, -0.05) is 39.5 Å². The Morgan fingerprint density at radius 3 is 2.32 bits per heavy atom. The highest BCUT2D eigenvalue weighted by molar-refractivity contribution is 5.02. The maximum absolute atomic E-state index is 3.70. The van der Waals surface area contributed by atoms with E-state index < -0.39 is 0 Å². The first-order chi connectivity index (χ1) is 9.23. The number of nitrogens with zero attached hydrogens (tertiary/aromatic N) is 1. The molecule has 2 saturated carbocycles. The topological polar surface area (TPSA) is 15.3 Å². The zero-order chi connectivity index (χ0) is 13.3. The van der Waals surface area contributed by atoms with Gasteiger partial charge in [0.05, 0.1) is 0 Å². The molecule has 3 rings (SSSR count).